The number of hydrogen-bond donors (Lipinski definition) is 2. The van der Waals surface area contributed by atoms with Crippen LogP contribution in [-0.4, -0.2) is 15.9 Å². The van der Waals surface area contributed by atoms with Crippen LogP contribution in [0.1, 0.15) is 35.1 Å². The Hall–Kier alpha value is -2.37. The van der Waals surface area contributed by atoms with Gasteiger partial charge in [-0.25, -0.2) is 9.97 Å². The predicted octanol–water partition coefficient (Wildman–Crippen LogP) is 1.45. The van der Waals surface area contributed by atoms with Crippen LogP contribution in [0.2, 0.25) is 0 Å². The van der Waals surface area contributed by atoms with Crippen molar-refractivity contribution in [1.82, 2.24) is 15.3 Å². The summed E-state index contributed by atoms with van der Waals surface area (Å²) in [6, 6.07) is 2.88. The Morgan fingerprint density at radius 1 is 1.39 bits per heavy atom. The van der Waals surface area contributed by atoms with Gasteiger partial charge in [-0.05, 0) is 26.0 Å². The van der Waals surface area contributed by atoms with Gasteiger partial charge in [-0.2, -0.15) is 0 Å². The Labute approximate surface area is 104 Å². The third-order valence-electron chi connectivity index (χ3n) is 2.38. The van der Waals surface area contributed by atoms with Crippen molar-refractivity contribution in [3.8, 4) is 0 Å². The van der Waals surface area contributed by atoms with E-state index < -0.39 is 0 Å². The molecule has 0 aliphatic rings. The Bertz CT molecular complexity index is 547. The molecule has 18 heavy (non-hydrogen) atoms. The van der Waals surface area contributed by atoms with E-state index in [0.717, 1.165) is 0 Å². The highest BCUT2D eigenvalue weighted by molar-refractivity contribution is 5.92. The van der Waals surface area contributed by atoms with Crippen molar-refractivity contribution in [2.24, 2.45) is 0 Å². The molecule has 6 heteroatoms. The zero-order valence-electron chi connectivity index (χ0n) is 10.2. The van der Waals surface area contributed by atoms with Crippen molar-refractivity contribution in [2.75, 3.05) is 5.73 Å². The van der Waals surface area contributed by atoms with E-state index in [0.29, 0.717) is 23.0 Å². The van der Waals surface area contributed by atoms with Crippen LogP contribution in [0.5, 0.6) is 0 Å². The molecule has 2 aromatic rings. The zero-order chi connectivity index (χ0) is 13.1. The van der Waals surface area contributed by atoms with Crippen LogP contribution in [0.3, 0.4) is 0 Å². The topological polar surface area (TPSA) is 94.0 Å². The number of carbonyl (C=O) groups excluding carboxylic acids is 1. The summed E-state index contributed by atoms with van der Waals surface area (Å²) in [4.78, 5) is 19.9. The van der Waals surface area contributed by atoms with E-state index >= 15 is 0 Å². The fraction of sp³-hybridized carbons (Fsp3) is 0.250. The first-order chi connectivity index (χ1) is 8.56. The van der Waals surface area contributed by atoms with Crippen LogP contribution in [0.25, 0.3) is 0 Å². The molecule has 3 N–H and O–H groups in total. The van der Waals surface area contributed by atoms with Gasteiger partial charge in [0.15, 0.2) is 0 Å². The monoisotopic (exact) mass is 246 g/mol. The Morgan fingerprint density at radius 3 is 2.72 bits per heavy atom. The van der Waals surface area contributed by atoms with Gasteiger partial charge in [-0.15, -0.1) is 0 Å². The summed E-state index contributed by atoms with van der Waals surface area (Å²) in [5.74, 6) is 0.881. The SMILES string of the molecule is Cc1cnc(C(C)NC(=O)c2ccc(N)cn2)o1. The molecule has 1 unspecified atom stereocenters. The van der Waals surface area contributed by atoms with Crippen molar-refractivity contribution in [3.63, 3.8) is 0 Å². The number of aryl methyl sites for hydroxylation is 1. The minimum Gasteiger partial charge on any atom is -0.444 e. The first kappa shape index (κ1) is 12.1. The number of nitrogens with one attached hydrogen (secondary N) is 1. The number of aromatic nitrogens is 2. The van der Waals surface area contributed by atoms with Crippen LogP contribution in [0, 0.1) is 6.92 Å². The maximum absolute atomic E-state index is 11.9. The predicted molar refractivity (Wildman–Crippen MR) is 65.8 cm³/mol. The number of oxazole rings is 1. The average molecular weight is 246 g/mol. The maximum atomic E-state index is 11.9. The number of anilines is 1. The van der Waals surface area contributed by atoms with E-state index in [4.69, 9.17) is 10.2 Å². The molecule has 0 aliphatic heterocycles. The van der Waals surface area contributed by atoms with E-state index in [9.17, 15) is 4.79 Å². The summed E-state index contributed by atoms with van der Waals surface area (Å²) in [7, 11) is 0. The molecule has 0 radical (unpaired) electrons. The molecule has 2 aromatic heterocycles. The van der Waals surface area contributed by atoms with Gasteiger partial charge < -0.3 is 15.5 Å². The number of pyridine rings is 1. The molecule has 0 saturated heterocycles. The lowest BCUT2D eigenvalue weighted by Crippen LogP contribution is -2.27. The number of nitrogens with zero attached hydrogens (tertiary/aromatic N) is 2. The molecular weight excluding hydrogens is 232 g/mol. The molecule has 0 spiro atoms. The van der Waals surface area contributed by atoms with Crippen LogP contribution in [0.4, 0.5) is 5.69 Å². The lowest BCUT2D eigenvalue weighted by molar-refractivity contribution is 0.0929. The molecule has 0 aromatic carbocycles. The molecule has 0 aliphatic carbocycles. The molecule has 0 saturated carbocycles. The molecule has 1 amide bonds. The lowest BCUT2D eigenvalue weighted by atomic mass is 10.3. The molecule has 2 heterocycles. The van der Waals surface area contributed by atoms with E-state index in [1.165, 1.54) is 6.20 Å². The highest BCUT2D eigenvalue weighted by Crippen LogP contribution is 2.12. The minimum absolute atomic E-state index is 0.293. The van der Waals surface area contributed by atoms with E-state index in [-0.39, 0.29) is 11.9 Å². The average Bonchev–Trinajstić information content (AvgIpc) is 2.76. The van der Waals surface area contributed by atoms with Gasteiger partial charge in [0.25, 0.3) is 5.91 Å². The Kier molecular flexibility index (Phi) is 3.27. The summed E-state index contributed by atoms with van der Waals surface area (Å²) in [6.45, 7) is 3.59. The summed E-state index contributed by atoms with van der Waals surface area (Å²) in [5.41, 5.74) is 6.32. The summed E-state index contributed by atoms with van der Waals surface area (Å²) >= 11 is 0. The number of nitrogens with two attached hydrogens (primary N) is 1. The molecule has 2 rings (SSSR count). The van der Waals surface area contributed by atoms with Gasteiger partial charge in [0.1, 0.15) is 17.5 Å². The molecule has 0 fully saturated rings. The van der Waals surface area contributed by atoms with E-state index in [1.807, 2.05) is 0 Å². The van der Waals surface area contributed by atoms with Gasteiger partial charge in [-0.1, -0.05) is 0 Å². The Morgan fingerprint density at radius 2 is 2.17 bits per heavy atom. The van der Waals surface area contributed by atoms with E-state index in [1.54, 1.807) is 32.2 Å². The molecule has 94 valence electrons. The second-order valence-corrected chi connectivity index (χ2v) is 3.98. The second kappa shape index (κ2) is 4.87. The number of nitrogen functional groups attached to an aromatic ring is 1. The van der Waals surface area contributed by atoms with Crippen molar-refractivity contribution in [3.05, 3.63) is 41.9 Å². The van der Waals surface area contributed by atoms with Crippen LogP contribution < -0.4 is 11.1 Å². The van der Waals surface area contributed by atoms with Crippen molar-refractivity contribution < 1.29 is 9.21 Å². The third-order valence-corrected chi connectivity index (χ3v) is 2.38. The standard InChI is InChI=1S/C12H14N4O2/c1-7-5-15-12(18-7)8(2)16-11(17)10-4-3-9(13)6-14-10/h3-6,8H,13H2,1-2H3,(H,16,17). The van der Waals surface area contributed by atoms with Gasteiger partial charge in [0.05, 0.1) is 18.1 Å². The Balaban J connectivity index is 2.05. The first-order valence-corrected chi connectivity index (χ1v) is 5.51. The largest absolute Gasteiger partial charge is 0.444 e. The van der Waals surface area contributed by atoms with Crippen molar-refractivity contribution in [1.29, 1.82) is 0 Å². The van der Waals surface area contributed by atoms with E-state index in [2.05, 4.69) is 15.3 Å². The smallest absolute Gasteiger partial charge is 0.270 e. The van der Waals surface area contributed by atoms with Crippen molar-refractivity contribution in [2.45, 2.75) is 19.9 Å². The number of carbonyl (C=O) groups is 1. The second-order valence-electron chi connectivity index (χ2n) is 3.98. The van der Waals surface area contributed by atoms with Gasteiger partial charge in [0.2, 0.25) is 5.89 Å². The number of amides is 1. The highest BCUT2D eigenvalue weighted by Gasteiger charge is 2.16. The maximum Gasteiger partial charge on any atom is 0.270 e. The number of hydrogen-bond acceptors (Lipinski definition) is 5. The van der Waals surface area contributed by atoms with Crippen LogP contribution in [0.15, 0.2) is 28.9 Å². The molecule has 6 nitrogen and oxygen atoms in total. The fourth-order valence-electron chi connectivity index (χ4n) is 1.44. The zero-order valence-corrected chi connectivity index (χ0v) is 10.2. The lowest BCUT2D eigenvalue weighted by Gasteiger charge is -2.09. The fourth-order valence-corrected chi connectivity index (χ4v) is 1.44. The minimum atomic E-state index is -0.314. The van der Waals surface area contributed by atoms with Crippen molar-refractivity contribution >= 4 is 11.6 Å². The van der Waals surface area contributed by atoms with Crippen LogP contribution >= 0.6 is 0 Å². The first-order valence-electron chi connectivity index (χ1n) is 5.51. The van der Waals surface area contributed by atoms with Crippen LogP contribution in [-0.2, 0) is 0 Å². The van der Waals surface area contributed by atoms with Gasteiger partial charge in [0, 0.05) is 0 Å². The number of rotatable bonds is 3. The summed E-state index contributed by atoms with van der Waals surface area (Å²) in [6.07, 6.45) is 3.05. The summed E-state index contributed by atoms with van der Waals surface area (Å²) in [5, 5.41) is 2.75. The van der Waals surface area contributed by atoms with Gasteiger partial charge in [-0.3, -0.25) is 4.79 Å². The van der Waals surface area contributed by atoms with Gasteiger partial charge >= 0.3 is 0 Å². The summed E-state index contributed by atoms with van der Waals surface area (Å²) < 4.78 is 5.33. The normalized spacial score (nSPS) is 12.1. The molecular formula is C12H14N4O2. The highest BCUT2D eigenvalue weighted by atomic mass is 16.4. The third kappa shape index (κ3) is 2.65. The quantitative estimate of drug-likeness (QED) is 0.854. The molecule has 1 atom stereocenters. The molecule has 0 bridgehead atoms.